The standard InChI is InChI=1S/C13H27N3O2/c1-7-8(2)15-11(17)9(3)16-12(18)10(14)13(4,5)6/h8-10H,7,14H2,1-6H3,(H,15,17)(H,16,18)/t8?,9?,10-/m1/s1. The van der Waals surface area contributed by atoms with Gasteiger partial charge in [-0.05, 0) is 25.7 Å². The zero-order valence-electron chi connectivity index (χ0n) is 12.3. The molecule has 0 aromatic rings. The van der Waals surface area contributed by atoms with E-state index in [1.807, 2.05) is 34.6 Å². The van der Waals surface area contributed by atoms with Crippen LogP contribution in [0.1, 0.15) is 48.0 Å². The molecule has 5 nitrogen and oxygen atoms in total. The molecule has 106 valence electrons. The topological polar surface area (TPSA) is 84.2 Å². The zero-order valence-corrected chi connectivity index (χ0v) is 12.3. The molecular weight excluding hydrogens is 230 g/mol. The fraction of sp³-hybridized carbons (Fsp3) is 0.846. The van der Waals surface area contributed by atoms with Crippen LogP contribution in [0.25, 0.3) is 0 Å². The van der Waals surface area contributed by atoms with Crippen molar-refractivity contribution in [3.63, 3.8) is 0 Å². The maximum Gasteiger partial charge on any atom is 0.242 e. The third kappa shape index (κ3) is 5.49. The number of nitrogens with one attached hydrogen (secondary N) is 2. The van der Waals surface area contributed by atoms with Gasteiger partial charge in [-0.25, -0.2) is 0 Å². The first-order valence-corrected chi connectivity index (χ1v) is 6.46. The molecule has 5 heteroatoms. The van der Waals surface area contributed by atoms with Gasteiger partial charge in [0.05, 0.1) is 6.04 Å². The van der Waals surface area contributed by atoms with Gasteiger partial charge in [0, 0.05) is 6.04 Å². The Balaban J connectivity index is 4.36. The van der Waals surface area contributed by atoms with E-state index < -0.39 is 12.1 Å². The van der Waals surface area contributed by atoms with E-state index in [4.69, 9.17) is 5.73 Å². The van der Waals surface area contributed by atoms with Gasteiger partial charge in [-0.3, -0.25) is 9.59 Å². The Kier molecular flexibility index (Phi) is 6.32. The Morgan fingerprint density at radius 2 is 1.61 bits per heavy atom. The van der Waals surface area contributed by atoms with E-state index in [9.17, 15) is 9.59 Å². The Bertz CT molecular complexity index is 297. The van der Waals surface area contributed by atoms with Crippen molar-refractivity contribution in [2.45, 2.75) is 66.1 Å². The van der Waals surface area contributed by atoms with Crippen molar-refractivity contribution < 1.29 is 9.59 Å². The molecule has 0 saturated carbocycles. The Labute approximate surface area is 110 Å². The quantitative estimate of drug-likeness (QED) is 0.680. The Morgan fingerprint density at radius 1 is 1.11 bits per heavy atom. The van der Waals surface area contributed by atoms with E-state index in [1.165, 1.54) is 0 Å². The number of carbonyl (C=O) groups excluding carboxylic acids is 2. The molecule has 0 spiro atoms. The second-order valence-corrected chi connectivity index (χ2v) is 5.89. The normalized spacial score (nSPS) is 16.6. The van der Waals surface area contributed by atoms with Gasteiger partial charge < -0.3 is 16.4 Å². The minimum atomic E-state index is -0.628. The van der Waals surface area contributed by atoms with Gasteiger partial charge in [0.25, 0.3) is 0 Å². The van der Waals surface area contributed by atoms with Gasteiger partial charge in [-0.2, -0.15) is 0 Å². The van der Waals surface area contributed by atoms with Crippen LogP contribution >= 0.6 is 0 Å². The number of rotatable bonds is 5. The summed E-state index contributed by atoms with van der Waals surface area (Å²) >= 11 is 0. The number of nitrogens with two attached hydrogens (primary N) is 1. The van der Waals surface area contributed by atoms with Crippen LogP contribution in [0.4, 0.5) is 0 Å². The second-order valence-electron chi connectivity index (χ2n) is 5.89. The van der Waals surface area contributed by atoms with Crippen LogP contribution < -0.4 is 16.4 Å². The van der Waals surface area contributed by atoms with Crippen molar-refractivity contribution in [3.8, 4) is 0 Å². The summed E-state index contributed by atoms with van der Waals surface area (Å²) in [7, 11) is 0. The van der Waals surface area contributed by atoms with E-state index in [1.54, 1.807) is 6.92 Å². The molecule has 0 heterocycles. The zero-order chi connectivity index (χ0) is 14.5. The van der Waals surface area contributed by atoms with Crippen molar-refractivity contribution in [3.05, 3.63) is 0 Å². The minimum Gasteiger partial charge on any atom is -0.352 e. The van der Waals surface area contributed by atoms with Gasteiger partial charge in [0.1, 0.15) is 6.04 Å². The summed E-state index contributed by atoms with van der Waals surface area (Å²) in [5.41, 5.74) is 5.50. The second kappa shape index (κ2) is 6.73. The third-order valence-electron chi connectivity index (χ3n) is 2.97. The van der Waals surface area contributed by atoms with Crippen molar-refractivity contribution in [1.82, 2.24) is 10.6 Å². The first-order chi connectivity index (χ1) is 8.09. The van der Waals surface area contributed by atoms with E-state index in [-0.39, 0.29) is 23.3 Å². The molecular formula is C13H27N3O2. The average Bonchev–Trinajstić information content (AvgIpc) is 2.26. The lowest BCUT2D eigenvalue weighted by molar-refractivity contribution is -0.130. The van der Waals surface area contributed by atoms with E-state index >= 15 is 0 Å². The van der Waals surface area contributed by atoms with E-state index in [2.05, 4.69) is 10.6 Å². The molecule has 0 aromatic carbocycles. The molecule has 0 aromatic heterocycles. The van der Waals surface area contributed by atoms with Crippen molar-refractivity contribution in [2.75, 3.05) is 0 Å². The van der Waals surface area contributed by atoms with Gasteiger partial charge in [-0.1, -0.05) is 27.7 Å². The lowest BCUT2D eigenvalue weighted by atomic mass is 9.87. The largest absolute Gasteiger partial charge is 0.352 e. The molecule has 0 aliphatic carbocycles. The van der Waals surface area contributed by atoms with Crippen LogP contribution in [0.5, 0.6) is 0 Å². The molecule has 3 atom stereocenters. The number of amides is 2. The monoisotopic (exact) mass is 257 g/mol. The van der Waals surface area contributed by atoms with E-state index in [0.717, 1.165) is 6.42 Å². The summed E-state index contributed by atoms with van der Waals surface area (Å²) in [6, 6.07) is -1.09. The predicted molar refractivity (Wildman–Crippen MR) is 72.9 cm³/mol. The number of hydrogen-bond acceptors (Lipinski definition) is 3. The molecule has 0 aliphatic heterocycles. The maximum absolute atomic E-state index is 11.8. The summed E-state index contributed by atoms with van der Waals surface area (Å²) < 4.78 is 0. The van der Waals surface area contributed by atoms with Crippen molar-refractivity contribution in [2.24, 2.45) is 11.1 Å². The summed E-state index contributed by atoms with van der Waals surface area (Å²) in [6.45, 7) is 11.2. The first-order valence-electron chi connectivity index (χ1n) is 6.46. The third-order valence-corrected chi connectivity index (χ3v) is 2.97. The highest BCUT2D eigenvalue weighted by atomic mass is 16.2. The molecule has 0 bridgehead atoms. The fourth-order valence-electron chi connectivity index (χ4n) is 1.23. The highest BCUT2D eigenvalue weighted by Crippen LogP contribution is 2.17. The molecule has 0 fully saturated rings. The van der Waals surface area contributed by atoms with Crippen LogP contribution in [0.3, 0.4) is 0 Å². The van der Waals surface area contributed by atoms with Crippen LogP contribution in [0, 0.1) is 5.41 Å². The maximum atomic E-state index is 11.8. The Hall–Kier alpha value is -1.10. The molecule has 0 rings (SSSR count). The predicted octanol–water partition coefficient (Wildman–Crippen LogP) is 0.779. The average molecular weight is 257 g/mol. The molecule has 0 saturated heterocycles. The van der Waals surface area contributed by atoms with Crippen molar-refractivity contribution >= 4 is 11.8 Å². The van der Waals surface area contributed by atoms with Gasteiger partial charge in [0.15, 0.2) is 0 Å². The number of carbonyl (C=O) groups is 2. The number of hydrogen-bond donors (Lipinski definition) is 3. The molecule has 4 N–H and O–H groups in total. The van der Waals surface area contributed by atoms with Gasteiger partial charge in [0.2, 0.25) is 11.8 Å². The van der Waals surface area contributed by atoms with Crippen LogP contribution in [0.15, 0.2) is 0 Å². The first kappa shape index (κ1) is 16.9. The highest BCUT2D eigenvalue weighted by Gasteiger charge is 2.29. The highest BCUT2D eigenvalue weighted by molar-refractivity contribution is 5.89. The van der Waals surface area contributed by atoms with Crippen molar-refractivity contribution in [1.29, 1.82) is 0 Å². The fourth-order valence-corrected chi connectivity index (χ4v) is 1.23. The molecule has 2 unspecified atom stereocenters. The molecule has 18 heavy (non-hydrogen) atoms. The van der Waals surface area contributed by atoms with Gasteiger partial charge >= 0.3 is 0 Å². The summed E-state index contributed by atoms with van der Waals surface area (Å²) in [5.74, 6) is -0.479. The smallest absolute Gasteiger partial charge is 0.242 e. The summed E-state index contributed by atoms with van der Waals surface area (Å²) in [4.78, 5) is 23.6. The lowest BCUT2D eigenvalue weighted by Gasteiger charge is -2.27. The van der Waals surface area contributed by atoms with Crippen LogP contribution in [-0.2, 0) is 9.59 Å². The van der Waals surface area contributed by atoms with Crippen LogP contribution in [-0.4, -0.2) is 29.9 Å². The SMILES string of the molecule is CCC(C)NC(=O)C(C)NC(=O)[C@@H](N)C(C)(C)C. The molecule has 2 amide bonds. The molecule has 0 radical (unpaired) electrons. The van der Waals surface area contributed by atoms with E-state index in [0.29, 0.717) is 0 Å². The summed E-state index contributed by atoms with van der Waals surface area (Å²) in [5, 5.41) is 5.46. The van der Waals surface area contributed by atoms with Gasteiger partial charge in [-0.15, -0.1) is 0 Å². The minimum absolute atomic E-state index is 0.105. The molecule has 0 aliphatic rings. The van der Waals surface area contributed by atoms with Crippen LogP contribution in [0.2, 0.25) is 0 Å². The Morgan fingerprint density at radius 3 is 2.00 bits per heavy atom. The summed E-state index contributed by atoms with van der Waals surface area (Å²) in [6.07, 6.45) is 0.855. The lowest BCUT2D eigenvalue weighted by Crippen LogP contribution is -2.54.